The molecule has 0 rings (SSSR count). The van der Waals surface area contributed by atoms with Crippen molar-refractivity contribution in [2.75, 3.05) is 53.7 Å². The molecule has 0 N–H and O–H groups in total. The van der Waals surface area contributed by atoms with Gasteiger partial charge < -0.3 is 28.6 Å². The minimum Gasteiger partial charge on any atom is -0.465 e. The Morgan fingerprint density at radius 1 is 0.443 bits per heavy atom. The third-order valence-electron chi connectivity index (χ3n) is 11.1. The van der Waals surface area contributed by atoms with Gasteiger partial charge >= 0.3 is 29.8 Å². The van der Waals surface area contributed by atoms with Crippen LogP contribution in [0, 0.1) is 17.3 Å². The van der Waals surface area contributed by atoms with E-state index in [9.17, 15) is 24.0 Å². The largest absolute Gasteiger partial charge is 0.465 e. The molecule has 356 valence electrons. The molecule has 0 radical (unpaired) electrons. The van der Waals surface area contributed by atoms with Gasteiger partial charge in [0.1, 0.15) is 31.8 Å². The Hall–Kier alpha value is -2.95. The van der Waals surface area contributed by atoms with E-state index in [0.717, 1.165) is 116 Å². The van der Waals surface area contributed by atoms with Crippen molar-refractivity contribution in [3.05, 3.63) is 12.2 Å². The van der Waals surface area contributed by atoms with Gasteiger partial charge in [0.2, 0.25) is 0 Å². The van der Waals surface area contributed by atoms with Gasteiger partial charge in [-0.25, -0.2) is 0 Å². The zero-order valence-corrected chi connectivity index (χ0v) is 40.2. The van der Waals surface area contributed by atoms with Gasteiger partial charge in [-0.05, 0) is 90.3 Å². The Morgan fingerprint density at radius 3 is 1.18 bits per heavy atom. The van der Waals surface area contributed by atoms with Gasteiger partial charge in [0.25, 0.3) is 0 Å². The highest BCUT2D eigenvalue weighted by molar-refractivity contribution is 5.72. The number of carbonyl (C=O) groups is 5. The van der Waals surface area contributed by atoms with Crippen LogP contribution >= 0.6 is 0 Å². The van der Waals surface area contributed by atoms with Gasteiger partial charge in [-0.3, -0.25) is 24.0 Å². The zero-order valence-electron chi connectivity index (χ0n) is 40.2. The molecular formula is C50H91NO10. The molecule has 0 spiro atoms. The smallest absolute Gasteiger partial charge is 0.306 e. The average molecular weight is 866 g/mol. The van der Waals surface area contributed by atoms with Gasteiger partial charge in [-0.1, -0.05) is 130 Å². The molecule has 11 nitrogen and oxygen atoms in total. The molecule has 0 unspecified atom stereocenters. The van der Waals surface area contributed by atoms with E-state index in [1.54, 1.807) is 0 Å². The lowest BCUT2D eigenvalue weighted by molar-refractivity contribution is -0.171. The van der Waals surface area contributed by atoms with Crippen molar-refractivity contribution < 1.29 is 47.7 Å². The van der Waals surface area contributed by atoms with Crippen LogP contribution in [0.5, 0.6) is 0 Å². The summed E-state index contributed by atoms with van der Waals surface area (Å²) < 4.78 is 28.9. The molecule has 0 amide bonds. The van der Waals surface area contributed by atoms with Crippen molar-refractivity contribution in [3.8, 4) is 0 Å². The van der Waals surface area contributed by atoms with Crippen LogP contribution in [-0.4, -0.2) is 88.4 Å². The third kappa shape index (κ3) is 35.2. The van der Waals surface area contributed by atoms with Crippen LogP contribution in [0.3, 0.4) is 0 Å². The molecule has 0 aliphatic rings. The van der Waals surface area contributed by atoms with Crippen molar-refractivity contribution in [1.29, 1.82) is 0 Å². The van der Waals surface area contributed by atoms with Gasteiger partial charge in [-0.15, -0.1) is 0 Å². The maximum Gasteiger partial charge on any atom is 0.306 e. The standard InChI is InChI=1S/C50H91NO10/c1-8-13-18-19-26-36-57-45(52)32-24-25-33-46(53)58-39-50(40-59-47(54)34-27-35-51(6)7,41-60-48(55)37-43(28-20-14-9-2)29-21-15-10-3)42-61-49(56)38-44(30-22-16-11-4)31-23-17-12-5/h18-19,43-44H,8-17,20-42H2,1-7H3/b19-18-. The number of hydrogen-bond donors (Lipinski definition) is 0. The van der Waals surface area contributed by atoms with Crippen LogP contribution in [0.25, 0.3) is 0 Å². The molecule has 0 aromatic rings. The van der Waals surface area contributed by atoms with Crippen molar-refractivity contribution in [1.82, 2.24) is 4.90 Å². The molecule has 11 heteroatoms. The molecule has 0 heterocycles. The first kappa shape index (κ1) is 58.0. The Kier molecular flexibility index (Phi) is 37.9. The number of hydrogen-bond acceptors (Lipinski definition) is 11. The predicted molar refractivity (Wildman–Crippen MR) is 245 cm³/mol. The third-order valence-corrected chi connectivity index (χ3v) is 11.1. The number of unbranched alkanes of at least 4 members (excludes halogenated alkanes) is 10. The highest BCUT2D eigenvalue weighted by Gasteiger charge is 2.38. The van der Waals surface area contributed by atoms with Crippen LogP contribution in [0.4, 0.5) is 0 Å². The number of carbonyl (C=O) groups excluding carboxylic acids is 5. The molecule has 0 saturated carbocycles. The highest BCUT2D eigenvalue weighted by atomic mass is 16.6. The van der Waals surface area contributed by atoms with Crippen molar-refractivity contribution in [2.24, 2.45) is 17.3 Å². The van der Waals surface area contributed by atoms with Crippen LogP contribution in [0.15, 0.2) is 12.2 Å². The number of nitrogens with zero attached hydrogens (tertiary/aromatic N) is 1. The van der Waals surface area contributed by atoms with Crippen LogP contribution < -0.4 is 0 Å². The first-order chi connectivity index (χ1) is 29.4. The Balaban J connectivity index is 6.10. The fraction of sp³-hybridized carbons (Fsp3) is 0.860. The monoisotopic (exact) mass is 866 g/mol. The molecule has 0 aliphatic heterocycles. The van der Waals surface area contributed by atoms with Crippen LogP contribution in [-0.2, 0) is 47.7 Å². The molecular weight excluding hydrogens is 775 g/mol. The second-order valence-corrected chi connectivity index (χ2v) is 17.6. The summed E-state index contributed by atoms with van der Waals surface area (Å²) in [6.45, 7) is 10.8. The topological polar surface area (TPSA) is 135 Å². The summed E-state index contributed by atoms with van der Waals surface area (Å²) in [5, 5.41) is 0. The van der Waals surface area contributed by atoms with E-state index in [2.05, 4.69) is 40.7 Å². The summed E-state index contributed by atoms with van der Waals surface area (Å²) in [5.41, 5.74) is -1.31. The van der Waals surface area contributed by atoms with E-state index in [0.29, 0.717) is 38.8 Å². The maximum absolute atomic E-state index is 13.5. The molecule has 0 saturated heterocycles. The SMILES string of the molecule is CCC/C=C\CCOC(=O)CCCCC(=O)OCC(COC(=O)CCCN(C)C)(COC(=O)CC(CCCCC)CCCCC)COC(=O)CC(CCCCC)CCCCC. The van der Waals surface area contributed by atoms with Gasteiger partial charge in [0, 0.05) is 32.1 Å². The van der Waals surface area contributed by atoms with E-state index < -0.39 is 17.4 Å². The Morgan fingerprint density at radius 2 is 0.803 bits per heavy atom. The Bertz CT molecular complexity index is 1090. The summed E-state index contributed by atoms with van der Waals surface area (Å²) >= 11 is 0. The maximum atomic E-state index is 13.5. The number of ether oxygens (including phenoxy) is 5. The van der Waals surface area contributed by atoms with E-state index in [4.69, 9.17) is 23.7 Å². The summed E-state index contributed by atoms with van der Waals surface area (Å²) in [4.78, 5) is 67.5. The molecule has 0 aliphatic carbocycles. The molecule has 61 heavy (non-hydrogen) atoms. The van der Waals surface area contributed by atoms with E-state index in [1.165, 1.54) is 0 Å². The summed E-state index contributed by atoms with van der Waals surface area (Å²) in [6.07, 6.45) is 26.1. The zero-order chi connectivity index (χ0) is 45.4. The molecule has 0 aromatic carbocycles. The van der Waals surface area contributed by atoms with Crippen molar-refractivity contribution >= 4 is 29.8 Å². The minimum atomic E-state index is -1.31. The molecule has 0 atom stereocenters. The van der Waals surface area contributed by atoms with Crippen LogP contribution in [0.1, 0.15) is 208 Å². The fourth-order valence-electron chi connectivity index (χ4n) is 7.14. The lowest BCUT2D eigenvalue weighted by atomic mass is 9.90. The fourth-order valence-corrected chi connectivity index (χ4v) is 7.14. The first-order valence-electron chi connectivity index (χ1n) is 24.5. The minimum absolute atomic E-state index is 0.0570. The van der Waals surface area contributed by atoms with Gasteiger partial charge in [-0.2, -0.15) is 0 Å². The second-order valence-electron chi connectivity index (χ2n) is 17.6. The quantitative estimate of drug-likeness (QED) is 0.0251. The van der Waals surface area contributed by atoms with E-state index in [1.807, 2.05) is 25.1 Å². The number of allylic oxidation sites excluding steroid dienone is 1. The van der Waals surface area contributed by atoms with Crippen molar-refractivity contribution in [2.45, 2.75) is 208 Å². The first-order valence-corrected chi connectivity index (χ1v) is 24.5. The summed E-state index contributed by atoms with van der Waals surface area (Å²) in [5.74, 6) is -1.58. The predicted octanol–water partition coefficient (Wildman–Crippen LogP) is 11.7. The molecule has 0 aromatic heterocycles. The molecule has 0 bridgehead atoms. The Labute approximate surface area is 372 Å². The van der Waals surface area contributed by atoms with Crippen LogP contribution in [0.2, 0.25) is 0 Å². The van der Waals surface area contributed by atoms with E-state index in [-0.39, 0.29) is 88.3 Å². The highest BCUT2D eigenvalue weighted by Crippen LogP contribution is 2.27. The van der Waals surface area contributed by atoms with Crippen molar-refractivity contribution in [3.63, 3.8) is 0 Å². The summed E-state index contributed by atoms with van der Waals surface area (Å²) in [7, 11) is 3.87. The van der Waals surface area contributed by atoms with Gasteiger partial charge in [0.15, 0.2) is 0 Å². The van der Waals surface area contributed by atoms with Gasteiger partial charge in [0.05, 0.1) is 6.61 Å². The lowest BCUT2D eigenvalue weighted by Gasteiger charge is -2.32. The van der Waals surface area contributed by atoms with E-state index >= 15 is 0 Å². The second kappa shape index (κ2) is 39.9. The lowest BCUT2D eigenvalue weighted by Crippen LogP contribution is -2.44. The normalized spacial score (nSPS) is 11.8. The summed E-state index contributed by atoms with van der Waals surface area (Å²) in [6, 6.07) is 0. The number of esters is 5. The number of rotatable bonds is 42. The molecule has 0 fully saturated rings. The average Bonchev–Trinajstić information content (AvgIpc) is 3.23.